The van der Waals surface area contributed by atoms with Crippen molar-refractivity contribution in [3.8, 4) is 0 Å². The lowest BCUT2D eigenvalue weighted by molar-refractivity contribution is -0.0941. The van der Waals surface area contributed by atoms with Crippen LogP contribution in [0.25, 0.3) is 0 Å². The molecule has 1 aliphatic heterocycles. The van der Waals surface area contributed by atoms with E-state index in [-0.39, 0.29) is 17.8 Å². The zero-order chi connectivity index (χ0) is 15.5. The van der Waals surface area contributed by atoms with Crippen molar-refractivity contribution >= 4 is 5.78 Å². The second-order valence-corrected chi connectivity index (χ2v) is 6.14. The van der Waals surface area contributed by atoms with Gasteiger partial charge in [-0.3, -0.25) is 14.6 Å². The molecule has 1 aromatic heterocycles. The maximum Gasteiger partial charge on any atom is 0.412 e. The summed E-state index contributed by atoms with van der Waals surface area (Å²) < 4.78 is 45.2. The summed E-state index contributed by atoms with van der Waals surface area (Å²) in [4.78, 5) is 11.8. The Morgan fingerprint density at radius 1 is 1.27 bits per heavy atom. The second kappa shape index (κ2) is 4.38. The van der Waals surface area contributed by atoms with E-state index in [9.17, 15) is 18.0 Å². The van der Waals surface area contributed by atoms with Gasteiger partial charge >= 0.3 is 6.18 Å². The highest BCUT2D eigenvalue weighted by Crippen LogP contribution is 2.48. The number of ketones is 1. The Balaban J connectivity index is 1.55. The van der Waals surface area contributed by atoms with E-state index < -0.39 is 11.7 Å². The van der Waals surface area contributed by atoms with E-state index in [0.29, 0.717) is 38.1 Å². The number of aromatic nitrogens is 2. The minimum Gasteiger partial charge on any atom is -0.363 e. The van der Waals surface area contributed by atoms with Gasteiger partial charge in [0.1, 0.15) is 11.3 Å². The minimum absolute atomic E-state index is 0.00957. The molecule has 1 atom stereocenters. The predicted octanol–water partition coefficient (Wildman–Crippen LogP) is 3.23. The van der Waals surface area contributed by atoms with E-state index in [1.54, 1.807) is 0 Å². The van der Waals surface area contributed by atoms with Gasteiger partial charge in [0.15, 0.2) is 5.78 Å². The summed E-state index contributed by atoms with van der Waals surface area (Å²) in [7, 11) is 0. The number of H-pyrrole nitrogens is 1. The fourth-order valence-electron chi connectivity index (χ4n) is 3.29. The summed E-state index contributed by atoms with van der Waals surface area (Å²) >= 11 is 0. The number of ether oxygens (including phenoxy) is 1. The maximum absolute atomic E-state index is 12.6. The molecule has 1 saturated heterocycles. The number of nitrogens with zero attached hydrogens (tertiary/aromatic N) is 1. The van der Waals surface area contributed by atoms with Crippen molar-refractivity contribution in [2.45, 2.75) is 44.0 Å². The first kappa shape index (κ1) is 13.9. The number of fused-ring (bicyclic) bond motifs is 2. The number of allylic oxidation sites excluding steroid dienone is 4. The monoisotopic (exact) mass is 312 g/mol. The van der Waals surface area contributed by atoms with Crippen LogP contribution in [0.1, 0.15) is 41.9 Å². The van der Waals surface area contributed by atoms with Crippen LogP contribution in [0.4, 0.5) is 13.2 Å². The number of rotatable bonds is 2. The highest BCUT2D eigenvalue weighted by molar-refractivity contribution is 5.97. The number of halogens is 3. The minimum atomic E-state index is -4.24. The molecule has 0 saturated carbocycles. The number of hydrogen-bond acceptors (Lipinski definition) is 2. The van der Waals surface area contributed by atoms with Gasteiger partial charge in [-0.25, -0.2) is 0 Å². The van der Waals surface area contributed by atoms with Crippen LogP contribution < -0.4 is 0 Å². The van der Waals surface area contributed by atoms with Crippen LogP contribution >= 0.6 is 0 Å². The van der Waals surface area contributed by atoms with Gasteiger partial charge in [0.25, 0.3) is 0 Å². The molecular weight excluding hydrogens is 297 g/mol. The zero-order valence-electron chi connectivity index (χ0n) is 11.8. The fourth-order valence-corrected chi connectivity index (χ4v) is 3.29. The van der Waals surface area contributed by atoms with Gasteiger partial charge in [-0.1, -0.05) is 12.2 Å². The van der Waals surface area contributed by atoms with Crippen molar-refractivity contribution < 1.29 is 22.7 Å². The molecule has 0 radical (unpaired) electrons. The van der Waals surface area contributed by atoms with E-state index in [0.717, 1.165) is 17.3 Å². The number of alkyl halides is 3. The molecular formula is C15H15F3N2O2. The maximum atomic E-state index is 12.6. The number of hydrogen-bond donors (Lipinski definition) is 1. The molecule has 7 heteroatoms. The first-order valence-corrected chi connectivity index (χ1v) is 7.31. The molecule has 2 heterocycles. The second-order valence-electron chi connectivity index (χ2n) is 6.14. The van der Waals surface area contributed by atoms with Gasteiger partial charge in [0.05, 0.1) is 18.8 Å². The molecule has 1 aromatic rings. The van der Waals surface area contributed by atoms with Crippen molar-refractivity contribution in [3.63, 3.8) is 0 Å². The molecule has 0 aromatic carbocycles. The number of carbonyl (C=O) groups is 1. The Kier molecular flexibility index (Phi) is 2.76. The molecule has 1 unspecified atom stereocenters. The van der Waals surface area contributed by atoms with Gasteiger partial charge in [-0.15, -0.1) is 0 Å². The summed E-state index contributed by atoms with van der Waals surface area (Å²) in [5, 5.41) is 3.02. The number of Topliss-reactive ketones (excluding diaryl/α,β-unsaturated/α-hetero) is 1. The van der Waals surface area contributed by atoms with Crippen LogP contribution in [0.5, 0.6) is 0 Å². The lowest BCUT2D eigenvalue weighted by atomic mass is 9.87. The SMILES string of the molecule is O=C1CCC2(CO2)c2c1[nH]n2CC1=CC=C(C(F)(F)F)CC1. The van der Waals surface area contributed by atoms with Crippen LogP contribution in [0.15, 0.2) is 23.3 Å². The summed E-state index contributed by atoms with van der Waals surface area (Å²) in [6.45, 7) is 1.10. The quantitative estimate of drug-likeness (QED) is 0.852. The molecule has 4 nitrogen and oxygen atoms in total. The number of carbonyl (C=O) groups excluding carboxylic acids is 1. The van der Waals surface area contributed by atoms with Crippen molar-refractivity contribution in [2.75, 3.05) is 6.61 Å². The lowest BCUT2D eigenvalue weighted by Gasteiger charge is -2.31. The number of nitrogens with one attached hydrogen (secondary N) is 1. The van der Waals surface area contributed by atoms with Gasteiger partial charge in [-0.2, -0.15) is 13.2 Å². The lowest BCUT2D eigenvalue weighted by Crippen LogP contribution is -2.36. The highest BCUT2D eigenvalue weighted by atomic mass is 19.4. The molecule has 1 spiro atoms. The predicted molar refractivity (Wildman–Crippen MR) is 71.4 cm³/mol. The molecule has 0 amide bonds. The molecule has 1 N–H and O–H groups in total. The Morgan fingerprint density at radius 3 is 2.64 bits per heavy atom. The Labute approximate surface area is 124 Å². The smallest absolute Gasteiger partial charge is 0.363 e. The van der Waals surface area contributed by atoms with E-state index in [1.807, 2.05) is 4.68 Å². The average molecular weight is 312 g/mol. The third kappa shape index (κ3) is 2.06. The average Bonchev–Trinajstić information content (AvgIpc) is 3.19. The van der Waals surface area contributed by atoms with Crippen LogP contribution in [0.3, 0.4) is 0 Å². The van der Waals surface area contributed by atoms with E-state index in [4.69, 9.17) is 4.74 Å². The third-order valence-corrected chi connectivity index (χ3v) is 4.67. The van der Waals surface area contributed by atoms with Crippen LogP contribution in [-0.4, -0.2) is 28.3 Å². The Bertz CT molecular complexity index is 702. The molecule has 4 rings (SSSR count). The van der Waals surface area contributed by atoms with Crippen molar-refractivity contribution in [3.05, 3.63) is 34.7 Å². The summed E-state index contributed by atoms with van der Waals surface area (Å²) in [6.07, 6.45) is 0.0268. The van der Waals surface area contributed by atoms with E-state index >= 15 is 0 Å². The largest absolute Gasteiger partial charge is 0.412 e. The van der Waals surface area contributed by atoms with Crippen LogP contribution in [-0.2, 0) is 16.9 Å². The topological polar surface area (TPSA) is 50.3 Å². The van der Waals surface area contributed by atoms with Crippen LogP contribution in [0.2, 0.25) is 0 Å². The zero-order valence-corrected chi connectivity index (χ0v) is 11.8. The third-order valence-electron chi connectivity index (χ3n) is 4.67. The summed E-state index contributed by atoms with van der Waals surface area (Å²) in [6, 6.07) is 0. The van der Waals surface area contributed by atoms with Crippen molar-refractivity contribution in [2.24, 2.45) is 0 Å². The van der Waals surface area contributed by atoms with Crippen molar-refractivity contribution in [1.82, 2.24) is 9.78 Å². The van der Waals surface area contributed by atoms with Gasteiger partial charge in [-0.05, 0) is 24.8 Å². The van der Waals surface area contributed by atoms with E-state index in [1.165, 1.54) is 6.08 Å². The first-order chi connectivity index (χ1) is 10.4. The van der Waals surface area contributed by atoms with Gasteiger partial charge < -0.3 is 4.74 Å². The summed E-state index contributed by atoms with van der Waals surface area (Å²) in [5.74, 6) is 0.0873. The standard InChI is InChI=1S/C15H15F3N2O2/c16-15(17,18)10-3-1-9(2-4-10)7-20-13-12(19-20)11(21)5-6-14(13)8-22-14/h1,3,19H,2,4-8H2. The highest BCUT2D eigenvalue weighted by Gasteiger charge is 2.55. The molecule has 0 bridgehead atoms. The Hall–Kier alpha value is -1.76. The normalized spacial score (nSPS) is 27.7. The molecule has 2 aliphatic carbocycles. The van der Waals surface area contributed by atoms with Gasteiger partial charge in [0.2, 0.25) is 0 Å². The first-order valence-electron chi connectivity index (χ1n) is 7.31. The van der Waals surface area contributed by atoms with Crippen molar-refractivity contribution in [1.29, 1.82) is 0 Å². The molecule has 1 fully saturated rings. The fraction of sp³-hybridized carbons (Fsp3) is 0.533. The van der Waals surface area contributed by atoms with Gasteiger partial charge in [0, 0.05) is 12.0 Å². The summed E-state index contributed by atoms with van der Waals surface area (Å²) in [5.41, 5.74) is 1.61. The number of epoxide rings is 1. The number of aromatic amines is 1. The molecule has 3 aliphatic rings. The molecule has 118 valence electrons. The van der Waals surface area contributed by atoms with Crippen LogP contribution in [0, 0.1) is 0 Å². The molecule has 22 heavy (non-hydrogen) atoms. The Morgan fingerprint density at radius 2 is 2.05 bits per heavy atom. The van der Waals surface area contributed by atoms with E-state index in [2.05, 4.69) is 5.10 Å².